The number of carbonyl (C=O) groups excluding carboxylic acids is 2. The second-order valence-corrected chi connectivity index (χ2v) is 10.2. The molecule has 2 N–H and O–H groups in total. The maximum atomic E-state index is 13.4. The van der Waals surface area contributed by atoms with Crippen molar-refractivity contribution in [3.05, 3.63) is 59.7 Å². The van der Waals surface area contributed by atoms with Gasteiger partial charge < -0.3 is 20.4 Å². The van der Waals surface area contributed by atoms with Gasteiger partial charge in [-0.3, -0.25) is 4.79 Å². The van der Waals surface area contributed by atoms with Crippen molar-refractivity contribution < 1.29 is 9.59 Å². The molecular formula is C27H38N4O2. The van der Waals surface area contributed by atoms with Crippen molar-refractivity contribution in [2.45, 2.75) is 65.1 Å². The van der Waals surface area contributed by atoms with Gasteiger partial charge >= 0.3 is 6.03 Å². The molecule has 3 rings (SSSR count). The minimum atomic E-state index is -0.352. The van der Waals surface area contributed by atoms with Crippen molar-refractivity contribution in [2.24, 2.45) is 5.92 Å². The Morgan fingerprint density at radius 3 is 2.27 bits per heavy atom. The van der Waals surface area contributed by atoms with E-state index in [1.54, 1.807) is 0 Å². The fourth-order valence-corrected chi connectivity index (χ4v) is 4.01. The number of urea groups is 1. The number of amides is 3. The van der Waals surface area contributed by atoms with E-state index < -0.39 is 0 Å². The van der Waals surface area contributed by atoms with Gasteiger partial charge in [0.15, 0.2) is 0 Å². The number of nitrogens with zero attached hydrogens (tertiary/aromatic N) is 2. The van der Waals surface area contributed by atoms with Crippen LogP contribution in [0.25, 0.3) is 0 Å². The van der Waals surface area contributed by atoms with Gasteiger partial charge in [-0.05, 0) is 69.9 Å². The summed E-state index contributed by atoms with van der Waals surface area (Å²) in [6.07, 6.45) is 3.05. The summed E-state index contributed by atoms with van der Waals surface area (Å²) in [7, 11) is 3.98. The van der Waals surface area contributed by atoms with Crippen LogP contribution in [-0.4, -0.2) is 36.5 Å². The summed E-state index contributed by atoms with van der Waals surface area (Å²) in [4.78, 5) is 29.8. The van der Waals surface area contributed by atoms with Crippen LogP contribution in [0.3, 0.4) is 0 Å². The third-order valence-electron chi connectivity index (χ3n) is 6.14. The van der Waals surface area contributed by atoms with E-state index >= 15 is 0 Å². The summed E-state index contributed by atoms with van der Waals surface area (Å²) in [5, 5.41) is 6.19. The molecule has 0 heterocycles. The van der Waals surface area contributed by atoms with Crippen LogP contribution in [0.1, 0.15) is 64.1 Å². The van der Waals surface area contributed by atoms with Crippen LogP contribution >= 0.6 is 0 Å². The van der Waals surface area contributed by atoms with Gasteiger partial charge in [0.05, 0.1) is 12.6 Å². The lowest BCUT2D eigenvalue weighted by Gasteiger charge is -2.34. The quantitative estimate of drug-likeness (QED) is 0.580. The number of anilines is 2. The first kappa shape index (κ1) is 24.6. The maximum absolute atomic E-state index is 13.4. The first-order valence-corrected chi connectivity index (χ1v) is 11.8. The Balaban J connectivity index is 1.92. The highest BCUT2D eigenvalue weighted by atomic mass is 16.2. The average molecular weight is 451 g/mol. The normalized spacial score (nSPS) is 14.7. The van der Waals surface area contributed by atoms with Crippen molar-refractivity contribution in [2.75, 3.05) is 24.3 Å². The van der Waals surface area contributed by atoms with Crippen LogP contribution in [0.2, 0.25) is 0 Å². The predicted octanol–water partition coefficient (Wildman–Crippen LogP) is 5.56. The second-order valence-electron chi connectivity index (χ2n) is 10.2. The molecule has 6 heteroatoms. The smallest absolute Gasteiger partial charge is 0.318 e. The molecule has 0 spiro atoms. The monoisotopic (exact) mass is 450 g/mol. The fraction of sp³-hybridized carbons (Fsp3) is 0.481. The van der Waals surface area contributed by atoms with Crippen LogP contribution in [0.15, 0.2) is 48.5 Å². The predicted molar refractivity (Wildman–Crippen MR) is 135 cm³/mol. The fourth-order valence-electron chi connectivity index (χ4n) is 4.01. The highest BCUT2D eigenvalue weighted by Crippen LogP contribution is 2.31. The van der Waals surface area contributed by atoms with Crippen LogP contribution in [-0.2, 0) is 11.3 Å². The van der Waals surface area contributed by atoms with Gasteiger partial charge in [-0.15, -0.1) is 0 Å². The Bertz CT molecular complexity index is 962. The van der Waals surface area contributed by atoms with Gasteiger partial charge in [0.25, 0.3) is 0 Å². The van der Waals surface area contributed by atoms with E-state index in [1.165, 1.54) is 0 Å². The molecular weight excluding hydrogens is 412 g/mol. The molecule has 1 aliphatic rings. The van der Waals surface area contributed by atoms with Gasteiger partial charge in [0.2, 0.25) is 5.91 Å². The van der Waals surface area contributed by atoms with Gasteiger partial charge in [-0.25, -0.2) is 4.79 Å². The lowest BCUT2D eigenvalue weighted by atomic mass is 9.85. The third kappa shape index (κ3) is 6.50. The molecule has 1 fully saturated rings. The molecule has 1 saturated carbocycles. The third-order valence-corrected chi connectivity index (χ3v) is 6.14. The van der Waals surface area contributed by atoms with E-state index in [2.05, 4.69) is 17.6 Å². The first-order valence-electron chi connectivity index (χ1n) is 11.8. The number of hydrogen-bond donors (Lipinski definition) is 2. The Labute approximate surface area is 198 Å². The molecule has 33 heavy (non-hydrogen) atoms. The van der Waals surface area contributed by atoms with Crippen molar-refractivity contribution in [1.82, 2.24) is 10.2 Å². The van der Waals surface area contributed by atoms with E-state index in [-0.39, 0.29) is 29.4 Å². The minimum absolute atomic E-state index is 0.0878. The summed E-state index contributed by atoms with van der Waals surface area (Å²) in [6.45, 7) is 8.42. The van der Waals surface area contributed by atoms with Crippen LogP contribution < -0.4 is 15.5 Å². The topological polar surface area (TPSA) is 64.7 Å². The Kier molecular flexibility index (Phi) is 7.67. The Hall–Kier alpha value is -3.02. The van der Waals surface area contributed by atoms with Crippen molar-refractivity contribution in [3.63, 3.8) is 0 Å². The van der Waals surface area contributed by atoms with Gasteiger partial charge in [0.1, 0.15) is 0 Å². The molecule has 0 aliphatic heterocycles. The van der Waals surface area contributed by atoms with Crippen molar-refractivity contribution in [1.29, 1.82) is 0 Å². The number of nitrogens with one attached hydrogen (secondary N) is 2. The van der Waals surface area contributed by atoms with Crippen LogP contribution in [0.5, 0.6) is 0 Å². The Morgan fingerprint density at radius 1 is 1.06 bits per heavy atom. The molecule has 2 aromatic carbocycles. The molecule has 6 nitrogen and oxygen atoms in total. The molecule has 0 bridgehead atoms. The largest absolute Gasteiger partial charge is 0.377 e. The number of rotatable bonds is 7. The average Bonchev–Trinajstić information content (AvgIpc) is 2.69. The summed E-state index contributed by atoms with van der Waals surface area (Å²) in [5.74, 6) is 0.207. The highest BCUT2D eigenvalue weighted by molar-refractivity contribution is 5.93. The van der Waals surface area contributed by atoms with E-state index in [0.29, 0.717) is 6.54 Å². The molecule has 178 valence electrons. The van der Waals surface area contributed by atoms with E-state index in [1.807, 2.05) is 93.2 Å². The van der Waals surface area contributed by atoms with Crippen molar-refractivity contribution >= 4 is 23.3 Å². The zero-order valence-corrected chi connectivity index (χ0v) is 20.8. The second kappa shape index (κ2) is 10.3. The van der Waals surface area contributed by atoms with E-state index in [0.717, 1.165) is 41.8 Å². The molecule has 1 atom stereocenters. The van der Waals surface area contributed by atoms with Crippen molar-refractivity contribution in [3.8, 4) is 0 Å². The zero-order valence-electron chi connectivity index (χ0n) is 20.8. The summed E-state index contributed by atoms with van der Waals surface area (Å²) in [5.41, 5.74) is 3.50. The summed E-state index contributed by atoms with van der Waals surface area (Å²) >= 11 is 0. The maximum Gasteiger partial charge on any atom is 0.318 e. The van der Waals surface area contributed by atoms with Gasteiger partial charge in [-0.1, -0.05) is 36.8 Å². The standard InChI is InChI=1S/C27H38N4O2/c1-19(20-11-8-7-9-12-20)31(26(33)29-27(2,3)4)18-22-17-23(15-16-24(22)30(5)6)28-25(32)21-13-10-14-21/h7-9,11-12,15-17,19,21H,10,13-14,18H2,1-6H3,(H,28,32)(H,29,33)/t19-/m1/s1. The molecule has 0 saturated heterocycles. The van der Waals surface area contributed by atoms with E-state index in [4.69, 9.17) is 0 Å². The van der Waals surface area contributed by atoms with Gasteiger partial charge in [-0.2, -0.15) is 0 Å². The molecule has 0 unspecified atom stereocenters. The molecule has 2 aromatic rings. The summed E-state index contributed by atoms with van der Waals surface area (Å²) < 4.78 is 0. The summed E-state index contributed by atoms with van der Waals surface area (Å²) in [6, 6.07) is 15.8. The first-order chi connectivity index (χ1) is 15.5. The minimum Gasteiger partial charge on any atom is -0.377 e. The SMILES string of the molecule is C[C@H](c1ccccc1)N(Cc1cc(NC(=O)C2CCC2)ccc1N(C)C)C(=O)NC(C)(C)C. The molecule has 3 amide bonds. The van der Waals surface area contributed by atoms with Crippen LogP contribution in [0.4, 0.5) is 16.2 Å². The number of hydrogen-bond acceptors (Lipinski definition) is 3. The number of benzene rings is 2. The highest BCUT2D eigenvalue weighted by Gasteiger charge is 2.27. The Morgan fingerprint density at radius 2 is 1.73 bits per heavy atom. The van der Waals surface area contributed by atoms with E-state index in [9.17, 15) is 9.59 Å². The lowest BCUT2D eigenvalue weighted by molar-refractivity contribution is -0.122. The lowest BCUT2D eigenvalue weighted by Crippen LogP contribution is -2.49. The number of carbonyl (C=O) groups is 2. The zero-order chi connectivity index (χ0) is 24.2. The van der Waals surface area contributed by atoms with Gasteiger partial charge in [0, 0.05) is 36.9 Å². The molecule has 0 aromatic heterocycles. The molecule has 0 radical (unpaired) electrons. The molecule has 1 aliphatic carbocycles. The van der Waals surface area contributed by atoms with Crippen LogP contribution in [0, 0.1) is 5.92 Å².